The van der Waals surface area contributed by atoms with Gasteiger partial charge in [0.25, 0.3) is 5.91 Å². The second-order valence-electron chi connectivity index (χ2n) is 4.80. The van der Waals surface area contributed by atoms with Gasteiger partial charge < -0.3 is 9.64 Å². The van der Waals surface area contributed by atoms with Gasteiger partial charge in [-0.3, -0.25) is 4.79 Å². The maximum Gasteiger partial charge on any atom is 0.328 e. The van der Waals surface area contributed by atoms with E-state index in [4.69, 9.17) is 4.74 Å². The lowest BCUT2D eigenvalue weighted by molar-refractivity contribution is -0.677. The largest absolute Gasteiger partial charge is 0.467 e. The number of amides is 1. The fraction of sp³-hybridized carbons (Fsp3) is 0.500. The van der Waals surface area contributed by atoms with Gasteiger partial charge in [-0.1, -0.05) is 0 Å². The second-order valence-corrected chi connectivity index (χ2v) is 4.80. The zero-order valence-electron chi connectivity index (χ0n) is 11.5. The van der Waals surface area contributed by atoms with Crippen LogP contribution in [-0.4, -0.2) is 36.5 Å². The van der Waals surface area contributed by atoms with Gasteiger partial charge in [-0.2, -0.15) is 0 Å². The van der Waals surface area contributed by atoms with Crippen LogP contribution in [0.15, 0.2) is 18.3 Å². The van der Waals surface area contributed by atoms with Crippen LogP contribution >= 0.6 is 0 Å². The number of methoxy groups -OCH3 is 1. The maximum atomic E-state index is 12.6. The Kier molecular flexibility index (Phi) is 3.83. The van der Waals surface area contributed by atoms with Crippen molar-refractivity contribution in [3.63, 3.8) is 0 Å². The van der Waals surface area contributed by atoms with Crippen molar-refractivity contribution in [2.45, 2.75) is 25.8 Å². The summed E-state index contributed by atoms with van der Waals surface area (Å²) in [5.74, 6) is -0.426. The van der Waals surface area contributed by atoms with E-state index in [0.29, 0.717) is 18.5 Å². The predicted octanol–water partition coefficient (Wildman–Crippen LogP) is 0.597. The third kappa shape index (κ3) is 2.45. The van der Waals surface area contributed by atoms with Crippen LogP contribution in [0.5, 0.6) is 0 Å². The summed E-state index contributed by atoms with van der Waals surface area (Å²) < 4.78 is 6.67. The zero-order valence-corrected chi connectivity index (χ0v) is 11.5. The molecule has 0 saturated carbocycles. The molecule has 1 aliphatic heterocycles. The van der Waals surface area contributed by atoms with Crippen LogP contribution in [0.4, 0.5) is 0 Å². The number of ether oxygens (including phenoxy) is 1. The number of aryl methyl sites for hydroxylation is 1. The molecule has 1 aromatic rings. The monoisotopic (exact) mass is 263 g/mol. The van der Waals surface area contributed by atoms with Crippen LogP contribution in [0, 0.1) is 6.92 Å². The van der Waals surface area contributed by atoms with Gasteiger partial charge in [0.15, 0.2) is 11.9 Å². The van der Waals surface area contributed by atoms with E-state index in [9.17, 15) is 9.59 Å². The molecule has 0 radical (unpaired) electrons. The Bertz CT molecular complexity index is 513. The highest BCUT2D eigenvalue weighted by Gasteiger charge is 2.36. The van der Waals surface area contributed by atoms with Crippen LogP contribution in [0.1, 0.15) is 28.9 Å². The Morgan fingerprint density at radius 2 is 2.21 bits per heavy atom. The molecular formula is C14H19N2O3+. The molecule has 1 atom stereocenters. The van der Waals surface area contributed by atoms with Gasteiger partial charge in [-0.25, -0.2) is 9.36 Å². The summed E-state index contributed by atoms with van der Waals surface area (Å²) in [6.07, 6.45) is 3.41. The molecule has 0 unspecified atom stereocenters. The molecule has 2 rings (SSSR count). The van der Waals surface area contributed by atoms with E-state index in [2.05, 4.69) is 0 Å². The molecule has 1 aromatic heterocycles. The maximum absolute atomic E-state index is 12.6. The van der Waals surface area contributed by atoms with Crippen LogP contribution in [-0.2, 0) is 16.6 Å². The fourth-order valence-electron chi connectivity index (χ4n) is 2.46. The molecule has 102 valence electrons. The number of likely N-dealkylation sites (tertiary alicyclic amines) is 1. The quantitative estimate of drug-likeness (QED) is 0.580. The van der Waals surface area contributed by atoms with E-state index in [1.54, 1.807) is 11.0 Å². The van der Waals surface area contributed by atoms with E-state index in [1.165, 1.54) is 7.11 Å². The standard InChI is InChI=1S/C14H19N2O3/c1-10-11(6-4-8-15(10)2)13(17)16-9-5-7-12(16)14(18)19-3/h4,6,8,12H,5,7,9H2,1-3H3/q+1/t12-/m0/s1. The number of hydrogen-bond acceptors (Lipinski definition) is 3. The Morgan fingerprint density at radius 3 is 2.89 bits per heavy atom. The van der Waals surface area contributed by atoms with E-state index < -0.39 is 6.04 Å². The number of pyridine rings is 1. The second kappa shape index (κ2) is 5.38. The molecule has 0 N–H and O–H groups in total. The third-order valence-electron chi connectivity index (χ3n) is 3.71. The average Bonchev–Trinajstić information content (AvgIpc) is 2.89. The van der Waals surface area contributed by atoms with Gasteiger partial charge in [-0.15, -0.1) is 0 Å². The van der Waals surface area contributed by atoms with Crippen LogP contribution in [0.2, 0.25) is 0 Å². The lowest BCUT2D eigenvalue weighted by Crippen LogP contribution is -2.43. The molecule has 0 aliphatic carbocycles. The normalized spacial score (nSPS) is 18.5. The summed E-state index contributed by atoms with van der Waals surface area (Å²) in [4.78, 5) is 25.9. The first-order valence-electron chi connectivity index (χ1n) is 6.40. The van der Waals surface area contributed by atoms with Crippen molar-refractivity contribution in [1.29, 1.82) is 0 Å². The number of esters is 1. The molecule has 19 heavy (non-hydrogen) atoms. The number of hydrogen-bond donors (Lipinski definition) is 0. The lowest BCUT2D eigenvalue weighted by Gasteiger charge is -2.22. The van der Waals surface area contributed by atoms with Crippen LogP contribution in [0.3, 0.4) is 0 Å². The summed E-state index contributed by atoms with van der Waals surface area (Å²) in [5, 5.41) is 0. The highest BCUT2D eigenvalue weighted by atomic mass is 16.5. The summed E-state index contributed by atoms with van der Waals surface area (Å²) in [6.45, 7) is 2.51. The van der Waals surface area contributed by atoms with Crippen molar-refractivity contribution in [1.82, 2.24) is 4.90 Å². The summed E-state index contributed by atoms with van der Waals surface area (Å²) in [6, 6.07) is 3.19. The minimum Gasteiger partial charge on any atom is -0.467 e. The molecule has 1 saturated heterocycles. The van der Waals surface area contributed by atoms with Gasteiger partial charge in [0, 0.05) is 19.5 Å². The Morgan fingerprint density at radius 1 is 1.47 bits per heavy atom. The summed E-state index contributed by atoms with van der Waals surface area (Å²) in [7, 11) is 3.25. The molecule has 0 spiro atoms. The Balaban J connectivity index is 2.28. The molecule has 5 heteroatoms. The van der Waals surface area contributed by atoms with Gasteiger partial charge >= 0.3 is 5.97 Å². The average molecular weight is 263 g/mol. The van der Waals surface area contributed by atoms with Gasteiger partial charge in [-0.05, 0) is 18.9 Å². The van der Waals surface area contributed by atoms with Gasteiger partial charge in [0.2, 0.25) is 0 Å². The van der Waals surface area contributed by atoms with Crippen molar-refractivity contribution >= 4 is 11.9 Å². The first kappa shape index (κ1) is 13.5. The van der Waals surface area contributed by atoms with Crippen molar-refractivity contribution in [2.24, 2.45) is 7.05 Å². The van der Waals surface area contributed by atoms with Crippen molar-refractivity contribution in [3.05, 3.63) is 29.6 Å². The SMILES string of the molecule is COC(=O)[C@@H]1CCCN1C(=O)c1ccc[n+](C)c1C. The van der Waals surface area contributed by atoms with Gasteiger partial charge in [0.05, 0.1) is 7.11 Å². The van der Waals surface area contributed by atoms with Gasteiger partial charge in [0.1, 0.15) is 18.7 Å². The number of nitrogens with zero attached hydrogens (tertiary/aromatic N) is 2. The van der Waals surface area contributed by atoms with E-state index in [-0.39, 0.29) is 11.9 Å². The molecular weight excluding hydrogens is 244 g/mol. The molecule has 0 aromatic carbocycles. The van der Waals surface area contributed by atoms with E-state index in [0.717, 1.165) is 12.1 Å². The highest BCUT2D eigenvalue weighted by Crippen LogP contribution is 2.21. The third-order valence-corrected chi connectivity index (χ3v) is 3.71. The summed E-state index contributed by atoms with van der Waals surface area (Å²) in [5.41, 5.74) is 1.53. The molecule has 1 aliphatic rings. The topological polar surface area (TPSA) is 50.5 Å². The molecule has 0 bridgehead atoms. The van der Waals surface area contributed by atoms with Crippen molar-refractivity contribution in [3.8, 4) is 0 Å². The molecule has 1 amide bonds. The summed E-state index contributed by atoms with van der Waals surface area (Å²) >= 11 is 0. The first-order valence-corrected chi connectivity index (χ1v) is 6.40. The number of aromatic nitrogens is 1. The van der Waals surface area contributed by atoms with Crippen LogP contribution < -0.4 is 4.57 Å². The predicted molar refractivity (Wildman–Crippen MR) is 68.4 cm³/mol. The van der Waals surface area contributed by atoms with E-state index in [1.807, 2.05) is 30.8 Å². The number of carbonyl (C=O) groups excluding carboxylic acids is 2. The van der Waals surface area contributed by atoms with Crippen molar-refractivity contribution < 1.29 is 18.9 Å². The van der Waals surface area contributed by atoms with E-state index >= 15 is 0 Å². The number of rotatable bonds is 2. The molecule has 1 fully saturated rings. The first-order chi connectivity index (χ1) is 9.06. The highest BCUT2D eigenvalue weighted by molar-refractivity contribution is 5.97. The molecule has 5 nitrogen and oxygen atoms in total. The Labute approximate surface area is 112 Å². The Hall–Kier alpha value is -1.91. The zero-order chi connectivity index (χ0) is 14.0. The minimum atomic E-state index is -0.442. The smallest absolute Gasteiger partial charge is 0.328 e. The number of carbonyl (C=O) groups is 2. The molecule has 2 heterocycles. The van der Waals surface area contributed by atoms with Crippen LogP contribution in [0.25, 0.3) is 0 Å². The lowest BCUT2D eigenvalue weighted by atomic mass is 10.1. The fourth-order valence-corrected chi connectivity index (χ4v) is 2.46. The minimum absolute atomic E-state index is 0.0957. The van der Waals surface area contributed by atoms with Crippen molar-refractivity contribution in [2.75, 3.05) is 13.7 Å².